The van der Waals surface area contributed by atoms with Crippen molar-refractivity contribution < 1.29 is 28.2 Å². The standard InChI is InChI=1S/C19H16F2N2O4/c1-27-13-4-2-11(3-5-13)6-7-23-17(24)10-16(19(23)26)22-12-8-14(20)18(25)15(21)9-12/h2-5,8-10,22,25H,6-7H2,1H3. The molecule has 27 heavy (non-hydrogen) atoms. The molecule has 0 spiro atoms. The molecule has 0 bridgehead atoms. The Morgan fingerprint density at radius 1 is 1.11 bits per heavy atom. The van der Waals surface area contributed by atoms with E-state index in [0.29, 0.717) is 12.2 Å². The normalized spacial score (nSPS) is 13.7. The van der Waals surface area contributed by atoms with E-state index in [1.165, 1.54) is 0 Å². The smallest absolute Gasteiger partial charge is 0.277 e. The maximum Gasteiger partial charge on any atom is 0.277 e. The number of halogens is 2. The van der Waals surface area contributed by atoms with Crippen LogP contribution in [0.5, 0.6) is 11.5 Å². The van der Waals surface area contributed by atoms with E-state index < -0.39 is 29.2 Å². The van der Waals surface area contributed by atoms with Gasteiger partial charge in [0.2, 0.25) is 0 Å². The van der Waals surface area contributed by atoms with Gasteiger partial charge in [-0.05, 0) is 24.1 Å². The van der Waals surface area contributed by atoms with Gasteiger partial charge in [-0.3, -0.25) is 14.5 Å². The fourth-order valence-corrected chi connectivity index (χ4v) is 2.64. The van der Waals surface area contributed by atoms with Crippen LogP contribution in [-0.2, 0) is 16.0 Å². The molecule has 3 rings (SSSR count). The fourth-order valence-electron chi connectivity index (χ4n) is 2.64. The van der Waals surface area contributed by atoms with Crippen LogP contribution < -0.4 is 10.1 Å². The molecular formula is C19H16F2N2O4. The molecule has 8 heteroatoms. The number of methoxy groups -OCH3 is 1. The predicted molar refractivity (Wildman–Crippen MR) is 93.1 cm³/mol. The summed E-state index contributed by atoms with van der Waals surface area (Å²) in [4.78, 5) is 25.5. The Labute approximate surface area is 153 Å². The number of nitrogens with zero attached hydrogens (tertiary/aromatic N) is 1. The number of nitrogens with one attached hydrogen (secondary N) is 1. The second-order valence-electron chi connectivity index (χ2n) is 5.86. The van der Waals surface area contributed by atoms with Gasteiger partial charge in [-0.25, -0.2) is 8.78 Å². The molecule has 0 radical (unpaired) electrons. The summed E-state index contributed by atoms with van der Waals surface area (Å²) in [5, 5.41) is 11.6. The monoisotopic (exact) mass is 374 g/mol. The molecule has 1 aliphatic rings. The highest BCUT2D eigenvalue weighted by Gasteiger charge is 2.31. The van der Waals surface area contributed by atoms with Crippen molar-refractivity contribution in [3.63, 3.8) is 0 Å². The quantitative estimate of drug-likeness (QED) is 0.600. The zero-order valence-electron chi connectivity index (χ0n) is 14.3. The molecule has 1 heterocycles. The molecule has 2 N–H and O–H groups in total. The molecule has 0 unspecified atom stereocenters. The van der Waals surface area contributed by atoms with Gasteiger partial charge < -0.3 is 15.2 Å². The molecule has 2 amide bonds. The molecule has 140 valence electrons. The fraction of sp³-hybridized carbons (Fsp3) is 0.158. The van der Waals surface area contributed by atoms with E-state index in [1.54, 1.807) is 19.2 Å². The van der Waals surface area contributed by atoms with Crippen LogP contribution in [0.2, 0.25) is 0 Å². The van der Waals surface area contributed by atoms with Gasteiger partial charge in [-0.15, -0.1) is 0 Å². The summed E-state index contributed by atoms with van der Waals surface area (Å²) in [5.74, 6) is -3.87. The average Bonchev–Trinajstić information content (AvgIpc) is 2.91. The number of benzene rings is 2. The van der Waals surface area contributed by atoms with Crippen LogP contribution in [0.3, 0.4) is 0 Å². The molecule has 0 atom stereocenters. The van der Waals surface area contributed by atoms with Gasteiger partial charge in [-0.1, -0.05) is 12.1 Å². The van der Waals surface area contributed by atoms with Crippen molar-refractivity contribution in [3.8, 4) is 11.5 Å². The third-order valence-corrected chi connectivity index (χ3v) is 4.09. The number of rotatable bonds is 6. The third kappa shape index (κ3) is 3.89. The Balaban J connectivity index is 1.66. The lowest BCUT2D eigenvalue weighted by molar-refractivity contribution is -0.137. The van der Waals surface area contributed by atoms with Crippen LogP contribution >= 0.6 is 0 Å². The number of ether oxygens (including phenoxy) is 1. The highest BCUT2D eigenvalue weighted by atomic mass is 19.1. The lowest BCUT2D eigenvalue weighted by Crippen LogP contribution is -2.33. The van der Waals surface area contributed by atoms with Gasteiger partial charge in [0.15, 0.2) is 17.4 Å². The van der Waals surface area contributed by atoms with Gasteiger partial charge in [-0.2, -0.15) is 0 Å². The first-order chi connectivity index (χ1) is 12.9. The summed E-state index contributed by atoms with van der Waals surface area (Å²) in [6.45, 7) is 0.157. The minimum atomic E-state index is -1.17. The molecule has 1 aliphatic heterocycles. The SMILES string of the molecule is COc1ccc(CCN2C(=O)C=C(Nc3cc(F)c(O)c(F)c3)C2=O)cc1. The molecule has 6 nitrogen and oxygen atoms in total. The molecule has 0 saturated heterocycles. The summed E-state index contributed by atoms with van der Waals surface area (Å²) in [6.07, 6.45) is 1.52. The number of hydrogen-bond acceptors (Lipinski definition) is 5. The highest BCUT2D eigenvalue weighted by Crippen LogP contribution is 2.26. The molecule has 0 aliphatic carbocycles. The number of amides is 2. The number of carbonyl (C=O) groups excluding carboxylic acids is 2. The number of carbonyl (C=O) groups is 2. The van der Waals surface area contributed by atoms with E-state index in [2.05, 4.69) is 5.32 Å². The Kier molecular flexibility index (Phi) is 5.07. The summed E-state index contributed by atoms with van der Waals surface area (Å²) in [6, 6.07) is 8.88. The van der Waals surface area contributed by atoms with Gasteiger partial charge in [0.05, 0.1) is 7.11 Å². The zero-order valence-corrected chi connectivity index (χ0v) is 14.3. The van der Waals surface area contributed by atoms with Crippen molar-refractivity contribution >= 4 is 17.5 Å². The van der Waals surface area contributed by atoms with Crippen molar-refractivity contribution in [3.05, 3.63) is 65.4 Å². The van der Waals surface area contributed by atoms with E-state index in [4.69, 9.17) is 9.84 Å². The molecule has 2 aromatic rings. The Morgan fingerprint density at radius 2 is 1.74 bits per heavy atom. The highest BCUT2D eigenvalue weighted by molar-refractivity contribution is 6.17. The summed E-state index contributed by atoms with van der Waals surface area (Å²) < 4.78 is 31.9. The zero-order chi connectivity index (χ0) is 19.6. The van der Waals surface area contributed by atoms with Crippen LogP contribution in [0.1, 0.15) is 5.56 Å². The van der Waals surface area contributed by atoms with E-state index in [0.717, 1.165) is 28.7 Å². The van der Waals surface area contributed by atoms with Crippen molar-refractivity contribution in [2.24, 2.45) is 0 Å². The lowest BCUT2D eigenvalue weighted by atomic mass is 10.1. The molecular weight excluding hydrogens is 358 g/mol. The van der Waals surface area contributed by atoms with Crippen LogP contribution in [-0.4, -0.2) is 35.5 Å². The van der Waals surface area contributed by atoms with E-state index in [9.17, 15) is 18.4 Å². The maximum absolute atomic E-state index is 13.4. The first-order valence-corrected chi connectivity index (χ1v) is 8.04. The first-order valence-electron chi connectivity index (χ1n) is 8.04. The molecule has 0 aromatic heterocycles. The van der Waals surface area contributed by atoms with Crippen LogP contribution in [0.15, 0.2) is 48.2 Å². The first kappa shape index (κ1) is 18.4. The van der Waals surface area contributed by atoms with Crippen molar-refractivity contribution in [2.75, 3.05) is 19.0 Å². The second kappa shape index (κ2) is 7.45. The Hall–Kier alpha value is -3.42. The van der Waals surface area contributed by atoms with Crippen LogP contribution in [0.25, 0.3) is 0 Å². The lowest BCUT2D eigenvalue weighted by Gasteiger charge is -2.15. The van der Waals surface area contributed by atoms with Gasteiger partial charge in [0.25, 0.3) is 11.8 Å². The predicted octanol–water partition coefficient (Wildman–Crippen LogP) is 2.59. The topological polar surface area (TPSA) is 78.9 Å². The second-order valence-corrected chi connectivity index (χ2v) is 5.86. The molecule has 0 fully saturated rings. The van der Waals surface area contributed by atoms with Crippen molar-refractivity contribution in [1.29, 1.82) is 0 Å². The number of phenolic OH excluding ortho intramolecular Hbond substituents is 1. The molecule has 2 aromatic carbocycles. The third-order valence-electron chi connectivity index (χ3n) is 4.09. The summed E-state index contributed by atoms with van der Waals surface area (Å²) in [5.41, 5.74) is 0.729. The van der Waals surface area contributed by atoms with Crippen LogP contribution in [0.4, 0.5) is 14.5 Å². The minimum absolute atomic E-state index is 0.0906. The largest absolute Gasteiger partial charge is 0.503 e. The Bertz CT molecular complexity index is 903. The van der Waals surface area contributed by atoms with Gasteiger partial charge >= 0.3 is 0 Å². The summed E-state index contributed by atoms with van der Waals surface area (Å²) >= 11 is 0. The Morgan fingerprint density at radius 3 is 2.33 bits per heavy atom. The maximum atomic E-state index is 13.4. The van der Waals surface area contributed by atoms with E-state index in [1.807, 2.05) is 12.1 Å². The van der Waals surface area contributed by atoms with Gasteiger partial charge in [0.1, 0.15) is 11.4 Å². The van der Waals surface area contributed by atoms with Crippen molar-refractivity contribution in [2.45, 2.75) is 6.42 Å². The van der Waals surface area contributed by atoms with Gasteiger partial charge in [0, 0.05) is 30.4 Å². The van der Waals surface area contributed by atoms with E-state index in [-0.39, 0.29) is 17.9 Å². The molecule has 0 saturated carbocycles. The number of hydrogen-bond donors (Lipinski definition) is 2. The minimum Gasteiger partial charge on any atom is -0.503 e. The number of phenols is 1. The number of aromatic hydroxyl groups is 1. The average molecular weight is 374 g/mol. The number of imide groups is 1. The van der Waals surface area contributed by atoms with Crippen LogP contribution in [0, 0.1) is 11.6 Å². The van der Waals surface area contributed by atoms with Crippen molar-refractivity contribution in [1.82, 2.24) is 4.90 Å². The van der Waals surface area contributed by atoms with E-state index >= 15 is 0 Å². The summed E-state index contributed by atoms with van der Waals surface area (Å²) in [7, 11) is 1.56. The number of anilines is 1.